The highest BCUT2D eigenvalue weighted by molar-refractivity contribution is 6.30. The molecule has 4 nitrogen and oxygen atoms in total. The molecule has 0 aliphatic carbocycles. The molecule has 0 unspecified atom stereocenters. The molecule has 30 heavy (non-hydrogen) atoms. The number of hydrogen-bond acceptors (Lipinski definition) is 1. The second-order valence-corrected chi connectivity index (χ2v) is 7.82. The van der Waals surface area contributed by atoms with Crippen molar-refractivity contribution in [2.24, 2.45) is 0 Å². The van der Waals surface area contributed by atoms with E-state index in [-0.39, 0.29) is 5.91 Å². The topological polar surface area (TPSA) is 51.9 Å². The molecule has 3 aromatic carbocycles. The van der Waals surface area contributed by atoms with E-state index in [0.717, 1.165) is 32.9 Å². The summed E-state index contributed by atoms with van der Waals surface area (Å²) in [6.07, 6.45) is 3.86. The number of carbonyl (C=O) groups is 1. The third kappa shape index (κ3) is 3.46. The van der Waals surface area contributed by atoms with Crippen LogP contribution in [-0.2, 0) is 13.1 Å². The van der Waals surface area contributed by atoms with Gasteiger partial charge >= 0.3 is 0 Å². The number of nitrogens with zero attached hydrogens (tertiary/aromatic N) is 1. The zero-order valence-electron chi connectivity index (χ0n) is 16.2. The van der Waals surface area contributed by atoms with Gasteiger partial charge in [-0.15, -0.1) is 0 Å². The maximum absolute atomic E-state index is 13.5. The van der Waals surface area contributed by atoms with Gasteiger partial charge in [0.2, 0.25) is 0 Å². The van der Waals surface area contributed by atoms with Crippen LogP contribution in [-0.4, -0.2) is 20.8 Å². The molecule has 0 bridgehead atoms. The van der Waals surface area contributed by atoms with Crippen molar-refractivity contribution in [1.82, 2.24) is 14.9 Å². The average Bonchev–Trinajstić information content (AvgIpc) is 3.43. The van der Waals surface area contributed by atoms with Crippen LogP contribution in [0.1, 0.15) is 21.5 Å². The minimum absolute atomic E-state index is 0.0215. The Morgan fingerprint density at radius 2 is 1.27 bits per heavy atom. The van der Waals surface area contributed by atoms with E-state index in [1.165, 1.54) is 0 Å². The highest BCUT2D eigenvalue weighted by Gasteiger charge is 2.19. The Bertz CT molecular complexity index is 1260. The van der Waals surface area contributed by atoms with Gasteiger partial charge in [0.1, 0.15) is 0 Å². The van der Waals surface area contributed by atoms with Gasteiger partial charge in [-0.2, -0.15) is 0 Å². The van der Waals surface area contributed by atoms with Gasteiger partial charge in [-0.1, -0.05) is 35.9 Å². The van der Waals surface area contributed by atoms with Crippen LogP contribution in [0.5, 0.6) is 0 Å². The van der Waals surface area contributed by atoms with Gasteiger partial charge in [-0.3, -0.25) is 4.79 Å². The Morgan fingerprint density at radius 3 is 1.80 bits per heavy atom. The lowest BCUT2D eigenvalue weighted by molar-refractivity contribution is 0.0731. The van der Waals surface area contributed by atoms with Gasteiger partial charge in [0, 0.05) is 57.9 Å². The van der Waals surface area contributed by atoms with Crippen LogP contribution >= 0.6 is 11.6 Å². The molecular weight excluding hydrogens is 394 g/mol. The summed E-state index contributed by atoms with van der Waals surface area (Å²) in [5.74, 6) is -0.0215. The van der Waals surface area contributed by atoms with Crippen LogP contribution in [0.25, 0.3) is 21.8 Å². The highest BCUT2D eigenvalue weighted by Crippen LogP contribution is 2.24. The van der Waals surface area contributed by atoms with E-state index >= 15 is 0 Å². The first-order valence-corrected chi connectivity index (χ1v) is 10.2. The molecule has 5 aromatic rings. The molecule has 0 aliphatic heterocycles. The molecule has 0 spiro atoms. The second-order valence-electron chi connectivity index (χ2n) is 7.38. The summed E-state index contributed by atoms with van der Waals surface area (Å²) in [6.45, 7) is 1.02. The summed E-state index contributed by atoms with van der Waals surface area (Å²) in [5, 5.41) is 2.88. The normalized spacial score (nSPS) is 11.2. The molecule has 1 amide bonds. The average molecular weight is 414 g/mol. The largest absolute Gasteiger partial charge is 0.361 e. The summed E-state index contributed by atoms with van der Waals surface area (Å²) in [4.78, 5) is 21.9. The number of halogens is 1. The standard InChI is InChI=1S/C25H20ClN3O/c26-20-9-7-17(8-10-20)25(30)29(15-18-3-1-5-23-21(18)11-13-27-23)16-19-4-2-6-24-22(19)12-14-28-24/h1-14,27-28H,15-16H2. The lowest BCUT2D eigenvalue weighted by Gasteiger charge is -2.24. The molecule has 2 N–H and O–H groups in total. The number of H-pyrrole nitrogens is 2. The first kappa shape index (κ1) is 18.5. The molecule has 5 rings (SSSR count). The molecule has 2 heterocycles. The minimum Gasteiger partial charge on any atom is -0.361 e. The quantitative estimate of drug-likeness (QED) is 0.357. The molecule has 148 valence electrons. The summed E-state index contributed by atoms with van der Waals surface area (Å²) in [5.41, 5.74) is 4.98. The van der Waals surface area contributed by atoms with Crippen molar-refractivity contribution < 1.29 is 4.79 Å². The molecule has 0 fully saturated rings. The Morgan fingerprint density at radius 1 is 0.733 bits per heavy atom. The van der Waals surface area contributed by atoms with Crippen molar-refractivity contribution in [2.45, 2.75) is 13.1 Å². The molecule has 0 atom stereocenters. The van der Waals surface area contributed by atoms with Gasteiger partial charge in [0.05, 0.1) is 0 Å². The first-order valence-electron chi connectivity index (χ1n) is 9.84. The van der Waals surface area contributed by atoms with E-state index in [1.807, 2.05) is 41.6 Å². The highest BCUT2D eigenvalue weighted by atomic mass is 35.5. The number of aromatic amines is 2. The van der Waals surface area contributed by atoms with Gasteiger partial charge in [-0.05, 0) is 59.7 Å². The van der Waals surface area contributed by atoms with Crippen LogP contribution < -0.4 is 0 Å². The molecule has 0 radical (unpaired) electrons. The van der Waals surface area contributed by atoms with E-state index in [1.54, 1.807) is 24.3 Å². The predicted octanol–water partition coefficient (Wildman–Crippen LogP) is 6.15. The Kier molecular flexibility index (Phi) is 4.77. The molecule has 0 saturated heterocycles. The third-order valence-corrected chi connectivity index (χ3v) is 5.72. The fourth-order valence-corrected chi connectivity index (χ4v) is 4.09. The van der Waals surface area contributed by atoms with Crippen LogP contribution in [0.15, 0.2) is 85.2 Å². The fourth-order valence-electron chi connectivity index (χ4n) is 3.96. The van der Waals surface area contributed by atoms with Crippen LogP contribution in [0.3, 0.4) is 0 Å². The smallest absolute Gasteiger partial charge is 0.254 e. The van der Waals surface area contributed by atoms with Gasteiger partial charge in [-0.25, -0.2) is 0 Å². The molecule has 5 heteroatoms. The zero-order chi connectivity index (χ0) is 20.5. The molecule has 2 aromatic heterocycles. The zero-order valence-corrected chi connectivity index (χ0v) is 17.0. The number of carbonyl (C=O) groups excluding carboxylic acids is 1. The maximum Gasteiger partial charge on any atom is 0.254 e. The van der Waals surface area contributed by atoms with Crippen LogP contribution in [0.4, 0.5) is 0 Å². The van der Waals surface area contributed by atoms with E-state index in [4.69, 9.17) is 11.6 Å². The van der Waals surface area contributed by atoms with E-state index in [2.05, 4.69) is 34.2 Å². The Labute approximate surface area is 179 Å². The second kappa shape index (κ2) is 7.73. The van der Waals surface area contributed by atoms with Crippen molar-refractivity contribution in [3.05, 3.63) is 107 Å². The summed E-state index contributed by atoms with van der Waals surface area (Å²) in [6, 6.07) is 23.5. The molecule has 0 aliphatic rings. The monoisotopic (exact) mass is 413 g/mol. The number of rotatable bonds is 5. The third-order valence-electron chi connectivity index (χ3n) is 5.47. The van der Waals surface area contributed by atoms with E-state index < -0.39 is 0 Å². The minimum atomic E-state index is -0.0215. The lowest BCUT2D eigenvalue weighted by Crippen LogP contribution is -2.30. The molecular formula is C25H20ClN3O. The summed E-state index contributed by atoms with van der Waals surface area (Å²) in [7, 11) is 0. The van der Waals surface area contributed by atoms with Crippen LogP contribution in [0.2, 0.25) is 5.02 Å². The van der Waals surface area contributed by atoms with Crippen molar-refractivity contribution in [3.8, 4) is 0 Å². The summed E-state index contributed by atoms with van der Waals surface area (Å²) >= 11 is 6.03. The Hall–Kier alpha value is -3.50. The van der Waals surface area contributed by atoms with Gasteiger partial charge in [0.15, 0.2) is 0 Å². The number of benzene rings is 3. The lowest BCUT2D eigenvalue weighted by atomic mass is 10.1. The van der Waals surface area contributed by atoms with E-state index in [9.17, 15) is 4.79 Å². The molecule has 0 saturated carbocycles. The number of nitrogens with one attached hydrogen (secondary N) is 2. The SMILES string of the molecule is O=C(c1ccc(Cl)cc1)N(Cc1cccc2[nH]ccc12)Cc1cccc2[nH]ccc12. The maximum atomic E-state index is 13.5. The van der Waals surface area contributed by atoms with Crippen molar-refractivity contribution in [1.29, 1.82) is 0 Å². The predicted molar refractivity (Wildman–Crippen MR) is 122 cm³/mol. The summed E-state index contributed by atoms with van der Waals surface area (Å²) < 4.78 is 0. The number of fused-ring (bicyclic) bond motifs is 2. The number of hydrogen-bond donors (Lipinski definition) is 2. The van der Waals surface area contributed by atoms with Gasteiger partial charge < -0.3 is 14.9 Å². The number of amides is 1. The van der Waals surface area contributed by atoms with E-state index in [0.29, 0.717) is 23.7 Å². The van der Waals surface area contributed by atoms with Crippen molar-refractivity contribution >= 4 is 39.3 Å². The van der Waals surface area contributed by atoms with Crippen LogP contribution in [0, 0.1) is 0 Å². The number of aromatic nitrogens is 2. The van der Waals surface area contributed by atoms with Crippen molar-refractivity contribution in [2.75, 3.05) is 0 Å². The fraction of sp³-hybridized carbons (Fsp3) is 0.0800. The Balaban J connectivity index is 1.54. The van der Waals surface area contributed by atoms with Gasteiger partial charge in [0.25, 0.3) is 5.91 Å². The van der Waals surface area contributed by atoms with Crippen molar-refractivity contribution in [3.63, 3.8) is 0 Å². The first-order chi connectivity index (χ1) is 14.7.